The Balaban J connectivity index is 2.92. The van der Waals surface area contributed by atoms with Gasteiger partial charge in [-0.15, -0.1) is 0 Å². The van der Waals surface area contributed by atoms with E-state index in [4.69, 9.17) is 0 Å². The minimum Gasteiger partial charge on any atom is -0.530 e. The van der Waals surface area contributed by atoms with Crippen molar-refractivity contribution in [1.82, 2.24) is 5.32 Å². The van der Waals surface area contributed by atoms with E-state index in [1.54, 1.807) is 0 Å². The van der Waals surface area contributed by atoms with Crippen LogP contribution in [0.5, 0.6) is 0 Å². The smallest absolute Gasteiger partial charge is 0.134 e. The predicted octanol–water partition coefficient (Wildman–Crippen LogP) is 3.62. The molecular formula is C15H30NO2-. The first-order valence-corrected chi connectivity index (χ1v) is 7.72. The Morgan fingerprint density at radius 1 is 0.778 bits per heavy atom. The first kappa shape index (κ1) is 17.3. The Labute approximate surface area is 112 Å². The van der Waals surface area contributed by atoms with Gasteiger partial charge in [-0.05, 0) is 6.42 Å². The van der Waals surface area contributed by atoms with Crippen molar-refractivity contribution in [3.05, 3.63) is 0 Å². The quantitative estimate of drug-likeness (QED) is 0.512. The highest BCUT2D eigenvalue weighted by molar-refractivity contribution is 5.61. The average Bonchev–Trinajstić information content (AvgIpc) is 2.34. The lowest BCUT2D eigenvalue weighted by Gasteiger charge is -2.05. The summed E-state index contributed by atoms with van der Waals surface area (Å²) in [5.74, 6) is 0. The maximum absolute atomic E-state index is 10.1. The molecule has 0 heterocycles. The van der Waals surface area contributed by atoms with Gasteiger partial charge in [0.1, 0.15) is 6.09 Å². The number of amides is 1. The van der Waals surface area contributed by atoms with E-state index < -0.39 is 6.09 Å². The third-order valence-electron chi connectivity index (χ3n) is 3.30. The molecule has 0 radical (unpaired) electrons. The Kier molecular flexibility index (Phi) is 13.8. The van der Waals surface area contributed by atoms with Crippen molar-refractivity contribution in [2.24, 2.45) is 0 Å². The van der Waals surface area contributed by atoms with Crippen LogP contribution in [-0.4, -0.2) is 12.6 Å². The number of carbonyl (C=O) groups excluding carboxylic acids is 1. The standard InChI is InChI=1S/C15H31NO2/c1-2-3-4-5-6-7-8-9-10-11-12-13-14-16-15(17)18/h16H,2-14H2,1H3,(H,17,18)/p-1. The van der Waals surface area contributed by atoms with E-state index >= 15 is 0 Å². The normalized spacial score (nSPS) is 10.5. The number of hydrogen-bond acceptors (Lipinski definition) is 2. The van der Waals surface area contributed by atoms with Crippen molar-refractivity contribution < 1.29 is 9.90 Å². The van der Waals surface area contributed by atoms with Crippen molar-refractivity contribution in [1.29, 1.82) is 0 Å². The average molecular weight is 256 g/mol. The summed E-state index contributed by atoms with van der Waals surface area (Å²) in [6, 6.07) is 0. The van der Waals surface area contributed by atoms with Crippen LogP contribution in [0.4, 0.5) is 4.79 Å². The lowest BCUT2D eigenvalue weighted by atomic mass is 10.1. The molecule has 108 valence electrons. The summed E-state index contributed by atoms with van der Waals surface area (Å²) in [6.07, 6.45) is 14.4. The zero-order valence-electron chi connectivity index (χ0n) is 12.0. The fraction of sp³-hybridized carbons (Fsp3) is 0.933. The third-order valence-corrected chi connectivity index (χ3v) is 3.30. The molecule has 0 aliphatic heterocycles. The molecule has 0 rings (SSSR count). The molecule has 0 saturated heterocycles. The number of carboxylic acid groups (broad SMARTS) is 1. The van der Waals surface area contributed by atoms with Gasteiger partial charge >= 0.3 is 0 Å². The van der Waals surface area contributed by atoms with Gasteiger partial charge in [0.05, 0.1) is 0 Å². The van der Waals surface area contributed by atoms with E-state index in [1.807, 2.05) is 0 Å². The highest BCUT2D eigenvalue weighted by atomic mass is 16.4. The van der Waals surface area contributed by atoms with Gasteiger partial charge in [-0.25, -0.2) is 0 Å². The molecule has 0 unspecified atom stereocenters. The summed E-state index contributed by atoms with van der Waals surface area (Å²) in [5, 5.41) is 12.4. The first-order chi connectivity index (χ1) is 8.77. The fourth-order valence-corrected chi connectivity index (χ4v) is 2.16. The van der Waals surface area contributed by atoms with Gasteiger partial charge < -0.3 is 15.2 Å². The van der Waals surface area contributed by atoms with Crippen molar-refractivity contribution in [3.63, 3.8) is 0 Å². The monoisotopic (exact) mass is 256 g/mol. The predicted molar refractivity (Wildman–Crippen MR) is 74.5 cm³/mol. The van der Waals surface area contributed by atoms with Crippen molar-refractivity contribution in [3.8, 4) is 0 Å². The molecule has 0 aromatic carbocycles. The van der Waals surface area contributed by atoms with Crippen molar-refractivity contribution >= 4 is 6.09 Å². The van der Waals surface area contributed by atoms with Gasteiger partial charge in [-0.1, -0.05) is 77.6 Å². The summed E-state index contributed by atoms with van der Waals surface area (Å²) in [5.41, 5.74) is 0. The minimum absolute atomic E-state index is 0.541. The molecule has 1 amide bonds. The topological polar surface area (TPSA) is 52.2 Å². The van der Waals surface area contributed by atoms with Crippen LogP contribution < -0.4 is 10.4 Å². The van der Waals surface area contributed by atoms with Crippen LogP contribution in [-0.2, 0) is 0 Å². The van der Waals surface area contributed by atoms with Gasteiger partial charge in [0.15, 0.2) is 0 Å². The summed E-state index contributed by atoms with van der Waals surface area (Å²) in [4.78, 5) is 10.1. The Morgan fingerprint density at radius 2 is 1.17 bits per heavy atom. The molecule has 3 nitrogen and oxygen atoms in total. The fourth-order valence-electron chi connectivity index (χ4n) is 2.16. The van der Waals surface area contributed by atoms with Crippen LogP contribution in [0, 0.1) is 0 Å². The van der Waals surface area contributed by atoms with E-state index in [9.17, 15) is 9.90 Å². The van der Waals surface area contributed by atoms with Crippen LogP contribution in [0.1, 0.15) is 84.0 Å². The van der Waals surface area contributed by atoms with Crippen LogP contribution >= 0.6 is 0 Å². The minimum atomic E-state index is -1.15. The number of nitrogens with one attached hydrogen (secondary N) is 1. The summed E-state index contributed by atoms with van der Waals surface area (Å²) in [6.45, 7) is 2.79. The van der Waals surface area contributed by atoms with Crippen LogP contribution in [0.3, 0.4) is 0 Å². The van der Waals surface area contributed by atoms with E-state index in [1.165, 1.54) is 64.2 Å². The molecular weight excluding hydrogens is 226 g/mol. The van der Waals surface area contributed by atoms with Gasteiger partial charge in [0.25, 0.3) is 0 Å². The first-order valence-electron chi connectivity index (χ1n) is 7.72. The van der Waals surface area contributed by atoms with Crippen LogP contribution in [0.15, 0.2) is 0 Å². The summed E-state index contributed by atoms with van der Waals surface area (Å²) >= 11 is 0. The molecule has 18 heavy (non-hydrogen) atoms. The lowest BCUT2D eigenvalue weighted by Crippen LogP contribution is -2.36. The molecule has 0 fully saturated rings. The summed E-state index contributed by atoms with van der Waals surface area (Å²) < 4.78 is 0. The molecule has 0 atom stereocenters. The molecule has 0 bridgehead atoms. The molecule has 0 aromatic rings. The largest absolute Gasteiger partial charge is 0.530 e. The summed E-state index contributed by atoms with van der Waals surface area (Å²) in [7, 11) is 0. The molecule has 1 N–H and O–H groups in total. The Hall–Kier alpha value is -0.730. The van der Waals surface area contributed by atoms with Crippen molar-refractivity contribution in [2.45, 2.75) is 84.0 Å². The zero-order valence-corrected chi connectivity index (χ0v) is 12.0. The van der Waals surface area contributed by atoms with Gasteiger partial charge in [-0.2, -0.15) is 0 Å². The second kappa shape index (κ2) is 14.3. The molecule has 0 spiro atoms. The van der Waals surface area contributed by atoms with E-state index in [-0.39, 0.29) is 0 Å². The van der Waals surface area contributed by atoms with Gasteiger partial charge in [0.2, 0.25) is 0 Å². The van der Waals surface area contributed by atoms with Crippen molar-refractivity contribution in [2.75, 3.05) is 6.54 Å². The number of hydrogen-bond donors (Lipinski definition) is 1. The maximum atomic E-state index is 10.1. The highest BCUT2D eigenvalue weighted by Crippen LogP contribution is 2.11. The number of unbranched alkanes of at least 4 members (excludes halogenated alkanes) is 11. The Bertz CT molecular complexity index is 183. The van der Waals surface area contributed by atoms with Crippen LogP contribution in [0.25, 0.3) is 0 Å². The number of carbonyl (C=O) groups is 1. The van der Waals surface area contributed by atoms with Crippen LogP contribution in [0.2, 0.25) is 0 Å². The molecule has 3 heteroatoms. The van der Waals surface area contributed by atoms with Gasteiger partial charge in [-0.3, -0.25) is 0 Å². The Morgan fingerprint density at radius 3 is 1.56 bits per heavy atom. The van der Waals surface area contributed by atoms with E-state index in [0.717, 1.165) is 12.8 Å². The molecule has 0 saturated carbocycles. The zero-order chi connectivity index (χ0) is 13.5. The highest BCUT2D eigenvalue weighted by Gasteiger charge is 1.93. The molecule has 0 aromatic heterocycles. The maximum Gasteiger partial charge on any atom is 0.134 e. The SMILES string of the molecule is CCCCCCCCCCCCCCNC(=O)[O-]. The third kappa shape index (κ3) is 15.3. The second-order valence-corrected chi connectivity index (χ2v) is 5.10. The van der Waals surface area contributed by atoms with E-state index in [2.05, 4.69) is 12.2 Å². The lowest BCUT2D eigenvalue weighted by molar-refractivity contribution is -0.250. The second-order valence-electron chi connectivity index (χ2n) is 5.10. The van der Waals surface area contributed by atoms with E-state index in [0.29, 0.717) is 6.54 Å². The number of rotatable bonds is 13. The molecule has 0 aliphatic carbocycles. The van der Waals surface area contributed by atoms with Gasteiger partial charge in [0, 0.05) is 6.54 Å². The molecule has 0 aliphatic rings.